The summed E-state index contributed by atoms with van der Waals surface area (Å²) < 4.78 is 29.6. The molecule has 3 rings (SSSR count). The number of carbonyl (C=O) groups excluding carboxylic acids is 1. The first-order valence-electron chi connectivity index (χ1n) is 9.17. The number of halogens is 1. The lowest BCUT2D eigenvalue weighted by molar-refractivity contribution is -0.134. The van der Waals surface area contributed by atoms with Crippen LogP contribution in [0.25, 0.3) is 0 Å². The summed E-state index contributed by atoms with van der Waals surface area (Å²) in [5, 5.41) is 7.56. The van der Waals surface area contributed by atoms with Crippen LogP contribution in [0, 0.1) is 19.3 Å². The number of carbonyl (C=O) groups is 1. The van der Waals surface area contributed by atoms with Crippen LogP contribution in [0.4, 0.5) is 0 Å². The van der Waals surface area contributed by atoms with E-state index in [2.05, 4.69) is 15.1 Å². The predicted molar refractivity (Wildman–Crippen MR) is 105 cm³/mol. The van der Waals surface area contributed by atoms with Crippen LogP contribution in [0.2, 0.25) is 0 Å². The number of hydrogen-bond donors (Lipinski definition) is 2. The Balaban J connectivity index is 0.00000261. The van der Waals surface area contributed by atoms with Crippen molar-refractivity contribution in [2.24, 2.45) is 12.5 Å². The number of amides is 1. The van der Waals surface area contributed by atoms with Crippen molar-refractivity contribution in [3.05, 3.63) is 11.4 Å². The summed E-state index contributed by atoms with van der Waals surface area (Å²) in [5.74, 6) is -0.159. The van der Waals surface area contributed by atoms with Crippen molar-refractivity contribution in [2.45, 2.75) is 51.0 Å². The Morgan fingerprint density at radius 3 is 2.37 bits per heavy atom. The Labute approximate surface area is 167 Å². The molecular formula is C17H30ClN5O3S. The van der Waals surface area contributed by atoms with Crippen molar-refractivity contribution in [2.75, 3.05) is 26.2 Å². The van der Waals surface area contributed by atoms with Crippen LogP contribution in [0.3, 0.4) is 0 Å². The molecule has 2 aliphatic heterocycles. The number of likely N-dealkylation sites (tertiary alicyclic amines) is 1. The van der Waals surface area contributed by atoms with E-state index in [1.165, 1.54) is 4.68 Å². The summed E-state index contributed by atoms with van der Waals surface area (Å²) in [4.78, 5) is 14.7. The van der Waals surface area contributed by atoms with E-state index in [0.29, 0.717) is 29.9 Å². The summed E-state index contributed by atoms with van der Waals surface area (Å²) >= 11 is 0. The van der Waals surface area contributed by atoms with E-state index in [4.69, 9.17) is 0 Å². The minimum absolute atomic E-state index is 0. The number of aromatic nitrogens is 2. The zero-order valence-electron chi connectivity index (χ0n) is 16.4. The highest BCUT2D eigenvalue weighted by molar-refractivity contribution is 7.89. The van der Waals surface area contributed by atoms with Gasteiger partial charge in [0.05, 0.1) is 17.4 Å². The Bertz CT molecular complexity index is 792. The van der Waals surface area contributed by atoms with E-state index in [0.717, 1.165) is 32.4 Å². The smallest absolute Gasteiger partial charge is 0.244 e. The zero-order valence-corrected chi connectivity index (χ0v) is 18.0. The molecule has 1 amide bonds. The average molecular weight is 420 g/mol. The SMILES string of the molecule is Cc1nn(C)c(C)c1S(=O)(=O)NC(C)C(=O)N1CCC2(CCNC2)CC1.Cl. The first-order valence-corrected chi connectivity index (χ1v) is 10.7. The van der Waals surface area contributed by atoms with Gasteiger partial charge in [-0.1, -0.05) is 0 Å². The van der Waals surface area contributed by atoms with Gasteiger partial charge in [-0.25, -0.2) is 8.42 Å². The second kappa shape index (κ2) is 8.06. The van der Waals surface area contributed by atoms with Crippen LogP contribution in [0.5, 0.6) is 0 Å². The fourth-order valence-corrected chi connectivity index (χ4v) is 5.82. The second-order valence-corrected chi connectivity index (χ2v) is 9.37. The lowest BCUT2D eigenvalue weighted by Crippen LogP contribution is -2.51. The lowest BCUT2D eigenvalue weighted by Gasteiger charge is -2.39. The van der Waals surface area contributed by atoms with Gasteiger partial charge in [-0.3, -0.25) is 9.48 Å². The highest BCUT2D eigenvalue weighted by Crippen LogP contribution is 2.37. The van der Waals surface area contributed by atoms with Crippen molar-refractivity contribution >= 4 is 28.3 Å². The molecule has 27 heavy (non-hydrogen) atoms. The van der Waals surface area contributed by atoms with Crippen molar-refractivity contribution in [3.63, 3.8) is 0 Å². The van der Waals surface area contributed by atoms with Gasteiger partial charge in [0.15, 0.2) is 0 Å². The molecule has 3 heterocycles. The van der Waals surface area contributed by atoms with Crippen molar-refractivity contribution in [3.8, 4) is 0 Å². The Hall–Kier alpha value is -1.16. The number of hydrogen-bond acceptors (Lipinski definition) is 5. The Morgan fingerprint density at radius 1 is 1.26 bits per heavy atom. The van der Waals surface area contributed by atoms with Crippen molar-refractivity contribution in [1.29, 1.82) is 0 Å². The molecule has 1 spiro atoms. The van der Waals surface area contributed by atoms with Gasteiger partial charge in [-0.2, -0.15) is 9.82 Å². The average Bonchev–Trinajstić information content (AvgIpc) is 3.12. The van der Waals surface area contributed by atoms with Gasteiger partial charge < -0.3 is 10.2 Å². The number of aryl methyl sites for hydroxylation is 2. The third kappa shape index (κ3) is 4.31. The summed E-state index contributed by atoms with van der Waals surface area (Å²) in [5.41, 5.74) is 1.32. The standard InChI is InChI=1S/C17H29N5O3S.ClH/c1-12-15(14(3)21(4)19-12)26(24,25)20-13(2)16(23)22-9-6-17(7-10-22)5-8-18-11-17;/h13,18,20H,5-11H2,1-4H3;1H. The van der Waals surface area contributed by atoms with Gasteiger partial charge in [0.1, 0.15) is 4.90 Å². The van der Waals surface area contributed by atoms with Crippen LogP contribution >= 0.6 is 12.4 Å². The fraction of sp³-hybridized carbons (Fsp3) is 0.765. The van der Waals surface area contributed by atoms with Gasteiger partial charge in [0.2, 0.25) is 15.9 Å². The molecule has 1 unspecified atom stereocenters. The first-order chi connectivity index (χ1) is 12.2. The van der Waals surface area contributed by atoms with E-state index in [9.17, 15) is 13.2 Å². The number of nitrogens with zero attached hydrogens (tertiary/aromatic N) is 3. The molecule has 0 aliphatic carbocycles. The largest absolute Gasteiger partial charge is 0.341 e. The van der Waals surface area contributed by atoms with Crippen LogP contribution in [0.1, 0.15) is 37.6 Å². The molecule has 10 heteroatoms. The predicted octanol–water partition coefficient (Wildman–Crippen LogP) is 0.728. The highest BCUT2D eigenvalue weighted by Gasteiger charge is 2.39. The highest BCUT2D eigenvalue weighted by atomic mass is 35.5. The minimum atomic E-state index is -3.80. The molecule has 0 aromatic carbocycles. The zero-order chi connectivity index (χ0) is 19.1. The van der Waals surface area contributed by atoms with Crippen LogP contribution in [-0.4, -0.2) is 61.2 Å². The lowest BCUT2D eigenvalue weighted by atomic mass is 9.78. The molecule has 0 radical (unpaired) electrons. The van der Waals surface area contributed by atoms with Crippen LogP contribution in [0.15, 0.2) is 4.90 Å². The van der Waals surface area contributed by atoms with E-state index in [-0.39, 0.29) is 23.2 Å². The maximum Gasteiger partial charge on any atom is 0.244 e. The van der Waals surface area contributed by atoms with Gasteiger partial charge in [-0.05, 0) is 52.0 Å². The Morgan fingerprint density at radius 2 is 1.89 bits per heavy atom. The molecule has 1 atom stereocenters. The quantitative estimate of drug-likeness (QED) is 0.749. The summed E-state index contributed by atoms with van der Waals surface area (Å²) in [6.07, 6.45) is 3.12. The molecule has 2 N–H and O–H groups in total. The molecular weight excluding hydrogens is 390 g/mol. The van der Waals surface area contributed by atoms with Gasteiger partial charge in [0, 0.05) is 26.7 Å². The maximum atomic E-state index is 12.7. The van der Waals surface area contributed by atoms with E-state index < -0.39 is 16.1 Å². The topological polar surface area (TPSA) is 96.3 Å². The molecule has 8 nitrogen and oxygen atoms in total. The normalized spacial score (nSPS) is 20.5. The number of piperidine rings is 1. The van der Waals surface area contributed by atoms with E-state index in [1.54, 1.807) is 32.7 Å². The molecule has 0 bridgehead atoms. The van der Waals surface area contributed by atoms with E-state index in [1.807, 2.05) is 0 Å². The number of sulfonamides is 1. The van der Waals surface area contributed by atoms with Crippen molar-refractivity contribution in [1.82, 2.24) is 24.7 Å². The molecule has 2 aliphatic rings. The molecule has 1 aromatic heterocycles. The summed E-state index contributed by atoms with van der Waals surface area (Å²) in [6, 6.07) is -0.797. The van der Waals surface area contributed by atoms with Gasteiger partial charge in [0.25, 0.3) is 0 Å². The summed E-state index contributed by atoms with van der Waals surface area (Å²) in [6.45, 7) is 8.44. The summed E-state index contributed by atoms with van der Waals surface area (Å²) in [7, 11) is -2.09. The monoisotopic (exact) mass is 419 g/mol. The molecule has 154 valence electrons. The second-order valence-electron chi connectivity index (χ2n) is 7.72. The molecule has 2 fully saturated rings. The van der Waals surface area contributed by atoms with Gasteiger partial charge in [-0.15, -0.1) is 12.4 Å². The molecule has 0 saturated carbocycles. The fourth-order valence-electron chi connectivity index (χ4n) is 4.18. The molecule has 2 saturated heterocycles. The van der Waals surface area contributed by atoms with Crippen LogP contribution in [-0.2, 0) is 21.9 Å². The maximum absolute atomic E-state index is 12.7. The third-order valence-corrected chi connectivity index (χ3v) is 7.67. The van der Waals surface area contributed by atoms with E-state index >= 15 is 0 Å². The van der Waals surface area contributed by atoms with Crippen molar-refractivity contribution < 1.29 is 13.2 Å². The number of rotatable bonds is 4. The number of nitrogens with one attached hydrogen (secondary N) is 2. The van der Waals surface area contributed by atoms with Crippen LogP contribution < -0.4 is 10.0 Å². The molecule has 1 aromatic rings. The van der Waals surface area contributed by atoms with Gasteiger partial charge >= 0.3 is 0 Å². The Kier molecular flexibility index (Phi) is 6.61. The minimum Gasteiger partial charge on any atom is -0.341 e. The first kappa shape index (κ1) is 22.1. The third-order valence-electron chi connectivity index (χ3n) is 5.88.